The zero-order chi connectivity index (χ0) is 13.6. The second-order valence-electron chi connectivity index (χ2n) is 6.50. The maximum atomic E-state index is 10.7. The highest BCUT2D eigenvalue weighted by Gasteiger charge is 2.61. The molecule has 2 fully saturated rings. The molecule has 0 heterocycles. The number of rotatable bonds is 4. The van der Waals surface area contributed by atoms with Gasteiger partial charge in [-0.25, -0.2) is 4.79 Å². The van der Waals surface area contributed by atoms with Gasteiger partial charge in [0.25, 0.3) is 0 Å². The number of fused-ring (bicyclic) bond motifs is 2. The van der Waals surface area contributed by atoms with Crippen molar-refractivity contribution in [3.63, 3.8) is 0 Å². The molecule has 0 amide bonds. The normalized spacial score (nSPS) is 43.4. The van der Waals surface area contributed by atoms with Crippen LogP contribution in [-0.2, 0) is 4.79 Å². The zero-order valence-corrected chi connectivity index (χ0v) is 11.6. The summed E-state index contributed by atoms with van der Waals surface area (Å²) in [6.07, 6.45) is 6.93. The number of carboxylic acids is 1. The number of carboxylic acid groups (broad SMARTS) is 1. The van der Waals surface area contributed by atoms with Gasteiger partial charge >= 0.3 is 5.97 Å². The summed E-state index contributed by atoms with van der Waals surface area (Å²) in [7, 11) is 0. The molecule has 2 saturated carbocycles. The van der Waals surface area contributed by atoms with Crippen molar-refractivity contribution in [3.05, 3.63) is 11.6 Å². The molecule has 3 heteroatoms. The van der Waals surface area contributed by atoms with Crippen LogP contribution in [0.4, 0.5) is 0 Å². The Kier molecular flexibility index (Phi) is 3.30. The van der Waals surface area contributed by atoms with E-state index in [1.54, 1.807) is 13.0 Å². The predicted octanol–water partition coefficient (Wildman–Crippen LogP) is 2.98. The molecule has 3 nitrogen and oxygen atoms in total. The van der Waals surface area contributed by atoms with E-state index in [0.717, 1.165) is 25.7 Å². The van der Waals surface area contributed by atoms with Crippen LogP contribution in [0.15, 0.2) is 11.6 Å². The van der Waals surface area contributed by atoms with Gasteiger partial charge in [0.05, 0.1) is 5.60 Å². The van der Waals surface area contributed by atoms with E-state index >= 15 is 0 Å². The molecule has 2 rings (SSSR count). The molecule has 0 aromatic carbocycles. The van der Waals surface area contributed by atoms with Gasteiger partial charge in [-0.2, -0.15) is 0 Å². The van der Waals surface area contributed by atoms with Crippen molar-refractivity contribution in [2.75, 3.05) is 0 Å². The van der Waals surface area contributed by atoms with Crippen molar-refractivity contribution in [3.8, 4) is 0 Å². The van der Waals surface area contributed by atoms with Crippen LogP contribution in [0.25, 0.3) is 0 Å². The van der Waals surface area contributed by atoms with E-state index in [2.05, 4.69) is 6.92 Å². The minimum atomic E-state index is -0.847. The van der Waals surface area contributed by atoms with Crippen LogP contribution in [0.2, 0.25) is 0 Å². The van der Waals surface area contributed by atoms with Crippen molar-refractivity contribution in [2.24, 2.45) is 17.3 Å². The molecule has 4 unspecified atom stereocenters. The SMILES string of the molecule is C/C(=C\CCC1(C)C2CCC(C2)C1(C)O)C(=O)O. The van der Waals surface area contributed by atoms with Gasteiger partial charge in [-0.05, 0) is 63.2 Å². The number of aliphatic carboxylic acids is 1. The Morgan fingerprint density at radius 2 is 1.94 bits per heavy atom. The fraction of sp³-hybridized carbons (Fsp3) is 0.800. The Bertz CT molecular complexity index is 383. The third-order valence-corrected chi connectivity index (χ3v) is 5.74. The van der Waals surface area contributed by atoms with E-state index in [1.807, 2.05) is 6.92 Å². The molecule has 0 saturated heterocycles. The van der Waals surface area contributed by atoms with Crippen molar-refractivity contribution in [1.82, 2.24) is 0 Å². The van der Waals surface area contributed by atoms with Gasteiger partial charge in [-0.3, -0.25) is 0 Å². The summed E-state index contributed by atoms with van der Waals surface area (Å²) in [4.78, 5) is 10.7. The second kappa shape index (κ2) is 4.37. The Balaban J connectivity index is 2.04. The van der Waals surface area contributed by atoms with Crippen LogP contribution >= 0.6 is 0 Å². The molecule has 102 valence electrons. The molecule has 4 atom stereocenters. The first kappa shape index (κ1) is 13.6. The Hall–Kier alpha value is -0.830. The molecule has 2 N–H and O–H groups in total. The van der Waals surface area contributed by atoms with Gasteiger partial charge in [0.1, 0.15) is 0 Å². The monoisotopic (exact) mass is 252 g/mol. The molecule has 2 aliphatic rings. The Morgan fingerprint density at radius 3 is 2.44 bits per heavy atom. The van der Waals surface area contributed by atoms with E-state index in [-0.39, 0.29) is 5.41 Å². The van der Waals surface area contributed by atoms with Gasteiger partial charge in [-0.15, -0.1) is 0 Å². The van der Waals surface area contributed by atoms with Crippen LogP contribution < -0.4 is 0 Å². The standard InChI is InChI=1S/C15H24O3/c1-10(13(16)17)5-4-8-14(2)11-6-7-12(9-11)15(14,3)18/h5,11-12,18H,4,6-9H2,1-3H3,(H,16,17)/b10-5+. The Morgan fingerprint density at radius 1 is 1.33 bits per heavy atom. The van der Waals surface area contributed by atoms with Gasteiger partial charge < -0.3 is 10.2 Å². The van der Waals surface area contributed by atoms with E-state index < -0.39 is 11.6 Å². The van der Waals surface area contributed by atoms with Crippen molar-refractivity contribution in [2.45, 2.75) is 58.5 Å². The number of hydrogen-bond donors (Lipinski definition) is 2. The first-order valence-electron chi connectivity index (χ1n) is 6.91. The molecular formula is C15H24O3. The second-order valence-corrected chi connectivity index (χ2v) is 6.50. The predicted molar refractivity (Wildman–Crippen MR) is 70.2 cm³/mol. The molecule has 0 aromatic rings. The Labute approximate surface area is 109 Å². The maximum Gasteiger partial charge on any atom is 0.330 e. The maximum absolute atomic E-state index is 10.7. The summed E-state index contributed by atoms with van der Waals surface area (Å²) < 4.78 is 0. The molecule has 2 bridgehead atoms. The fourth-order valence-corrected chi connectivity index (χ4v) is 4.08. The molecule has 0 spiro atoms. The van der Waals surface area contributed by atoms with Crippen LogP contribution in [-0.4, -0.2) is 21.8 Å². The number of aliphatic hydroxyl groups is 1. The first-order valence-corrected chi connectivity index (χ1v) is 6.91. The number of carbonyl (C=O) groups is 1. The van der Waals surface area contributed by atoms with E-state index in [1.165, 1.54) is 6.42 Å². The minimum Gasteiger partial charge on any atom is -0.478 e. The molecule has 0 aromatic heterocycles. The van der Waals surface area contributed by atoms with Crippen molar-refractivity contribution < 1.29 is 15.0 Å². The van der Waals surface area contributed by atoms with Crippen LogP contribution in [0, 0.1) is 17.3 Å². The van der Waals surface area contributed by atoms with E-state index in [0.29, 0.717) is 17.4 Å². The van der Waals surface area contributed by atoms with Gasteiger partial charge in [0, 0.05) is 5.57 Å². The lowest BCUT2D eigenvalue weighted by atomic mass is 9.63. The topological polar surface area (TPSA) is 57.5 Å². The van der Waals surface area contributed by atoms with Gasteiger partial charge in [0.15, 0.2) is 0 Å². The third kappa shape index (κ3) is 1.89. The molecular weight excluding hydrogens is 228 g/mol. The summed E-state index contributed by atoms with van der Waals surface area (Å²) in [5, 5.41) is 19.6. The van der Waals surface area contributed by atoms with Crippen LogP contribution in [0.5, 0.6) is 0 Å². The molecule has 2 aliphatic carbocycles. The summed E-state index contributed by atoms with van der Waals surface area (Å²) in [6.45, 7) is 5.79. The quantitative estimate of drug-likeness (QED) is 0.756. The number of allylic oxidation sites excluding steroid dienone is 1. The summed E-state index contributed by atoms with van der Waals surface area (Å²) in [5.41, 5.74) is -0.229. The molecule has 0 radical (unpaired) electrons. The number of hydrogen-bond acceptors (Lipinski definition) is 2. The highest BCUT2D eigenvalue weighted by Crippen LogP contribution is 2.63. The van der Waals surface area contributed by atoms with Crippen LogP contribution in [0.1, 0.15) is 52.9 Å². The highest BCUT2D eigenvalue weighted by atomic mass is 16.4. The highest BCUT2D eigenvalue weighted by molar-refractivity contribution is 5.85. The summed E-state index contributed by atoms with van der Waals surface area (Å²) in [6, 6.07) is 0. The lowest BCUT2D eigenvalue weighted by molar-refractivity contribution is -0.132. The van der Waals surface area contributed by atoms with E-state index in [4.69, 9.17) is 5.11 Å². The lowest BCUT2D eigenvalue weighted by Gasteiger charge is -2.46. The fourth-order valence-electron chi connectivity index (χ4n) is 4.08. The third-order valence-electron chi connectivity index (χ3n) is 5.74. The smallest absolute Gasteiger partial charge is 0.330 e. The largest absolute Gasteiger partial charge is 0.478 e. The molecule has 0 aliphatic heterocycles. The average Bonchev–Trinajstić information content (AvgIpc) is 2.82. The minimum absolute atomic E-state index is 0.0504. The molecule has 18 heavy (non-hydrogen) atoms. The lowest BCUT2D eigenvalue weighted by Crippen LogP contribution is -2.48. The zero-order valence-electron chi connectivity index (χ0n) is 11.6. The van der Waals surface area contributed by atoms with Crippen molar-refractivity contribution >= 4 is 5.97 Å². The summed E-state index contributed by atoms with van der Waals surface area (Å²) >= 11 is 0. The van der Waals surface area contributed by atoms with E-state index in [9.17, 15) is 9.90 Å². The average molecular weight is 252 g/mol. The summed E-state index contributed by atoms with van der Waals surface area (Å²) in [5.74, 6) is 0.202. The van der Waals surface area contributed by atoms with Crippen LogP contribution in [0.3, 0.4) is 0 Å². The van der Waals surface area contributed by atoms with Crippen molar-refractivity contribution in [1.29, 1.82) is 0 Å². The van der Waals surface area contributed by atoms with Gasteiger partial charge in [0.2, 0.25) is 0 Å². The first-order chi connectivity index (χ1) is 8.29. The van der Waals surface area contributed by atoms with Gasteiger partial charge in [-0.1, -0.05) is 13.0 Å².